The Morgan fingerprint density at radius 3 is 2.59 bits per heavy atom. The lowest BCUT2D eigenvalue weighted by atomic mass is 10.1. The molecule has 0 spiro atoms. The second-order valence-corrected chi connectivity index (χ2v) is 9.90. The highest BCUT2D eigenvalue weighted by molar-refractivity contribution is 7.89. The molecule has 0 saturated heterocycles. The molecular weight excluding hydrogens is 430 g/mol. The number of likely N-dealkylation sites (N-methyl/N-ethyl adjacent to an activating group) is 1. The van der Waals surface area contributed by atoms with Crippen LogP contribution in [0.1, 0.15) is 18.9 Å². The minimum absolute atomic E-state index is 0.0344. The van der Waals surface area contributed by atoms with Crippen molar-refractivity contribution in [3.05, 3.63) is 48.0 Å². The number of carbonyl (C=O) groups is 1. The van der Waals surface area contributed by atoms with Crippen molar-refractivity contribution >= 4 is 21.6 Å². The zero-order valence-corrected chi connectivity index (χ0v) is 19.8. The molecule has 0 fully saturated rings. The van der Waals surface area contributed by atoms with Gasteiger partial charge >= 0.3 is 0 Å². The number of rotatable bonds is 10. The van der Waals surface area contributed by atoms with Crippen molar-refractivity contribution in [3.63, 3.8) is 0 Å². The van der Waals surface area contributed by atoms with E-state index in [1.54, 1.807) is 0 Å². The van der Waals surface area contributed by atoms with Crippen LogP contribution < -0.4 is 19.7 Å². The summed E-state index contributed by atoms with van der Waals surface area (Å²) < 4.78 is 37.0. The van der Waals surface area contributed by atoms with Crippen LogP contribution in [0.5, 0.6) is 11.5 Å². The molecule has 1 heterocycles. The first-order valence-corrected chi connectivity index (χ1v) is 12.0. The molecule has 0 aromatic heterocycles. The first-order chi connectivity index (χ1) is 15.3. The highest BCUT2D eigenvalue weighted by atomic mass is 32.2. The average molecular weight is 462 g/mol. The van der Waals surface area contributed by atoms with Crippen LogP contribution in [0, 0.1) is 0 Å². The summed E-state index contributed by atoms with van der Waals surface area (Å²) in [5.74, 6) is 0.400. The molecule has 0 radical (unpaired) electrons. The SMILES string of the molecule is COc1ccc(S(=O)(=O)N(C)CC(=O)NCCCN2c3ccccc3C[C@@H]2C)cc1OC. The van der Waals surface area contributed by atoms with E-state index in [0.717, 1.165) is 23.7 Å². The number of hydrogen-bond donors (Lipinski definition) is 1. The van der Waals surface area contributed by atoms with Crippen LogP contribution in [-0.2, 0) is 21.2 Å². The number of ether oxygens (including phenoxy) is 2. The van der Waals surface area contributed by atoms with E-state index in [-0.39, 0.29) is 17.3 Å². The van der Waals surface area contributed by atoms with Crippen LogP contribution in [0.2, 0.25) is 0 Å². The highest BCUT2D eigenvalue weighted by Crippen LogP contribution is 2.32. The lowest BCUT2D eigenvalue weighted by Crippen LogP contribution is -2.39. The first kappa shape index (κ1) is 23.9. The second-order valence-electron chi connectivity index (χ2n) is 7.86. The highest BCUT2D eigenvalue weighted by Gasteiger charge is 2.26. The summed E-state index contributed by atoms with van der Waals surface area (Å²) in [5, 5.41) is 2.82. The molecule has 3 rings (SSSR count). The largest absolute Gasteiger partial charge is 0.493 e. The number of nitrogens with zero attached hydrogens (tertiary/aromatic N) is 2. The van der Waals surface area contributed by atoms with Crippen LogP contribution in [0.15, 0.2) is 47.4 Å². The number of methoxy groups -OCH3 is 2. The number of sulfonamides is 1. The zero-order valence-electron chi connectivity index (χ0n) is 19.0. The Kier molecular flexibility index (Phi) is 7.63. The van der Waals surface area contributed by atoms with Crippen LogP contribution >= 0.6 is 0 Å². The summed E-state index contributed by atoms with van der Waals surface area (Å²) >= 11 is 0. The molecule has 1 amide bonds. The Morgan fingerprint density at radius 2 is 1.88 bits per heavy atom. The van der Waals surface area contributed by atoms with Crippen molar-refractivity contribution in [3.8, 4) is 11.5 Å². The third kappa shape index (κ3) is 5.16. The van der Waals surface area contributed by atoms with Gasteiger partial charge in [-0.05, 0) is 43.5 Å². The van der Waals surface area contributed by atoms with E-state index in [4.69, 9.17) is 9.47 Å². The third-order valence-corrected chi connectivity index (χ3v) is 7.48. The predicted molar refractivity (Wildman–Crippen MR) is 124 cm³/mol. The van der Waals surface area contributed by atoms with E-state index in [1.165, 1.54) is 50.7 Å². The van der Waals surface area contributed by atoms with Gasteiger partial charge in [0.2, 0.25) is 15.9 Å². The Labute approximate surface area is 190 Å². The molecule has 174 valence electrons. The van der Waals surface area contributed by atoms with Crippen molar-refractivity contribution in [2.24, 2.45) is 0 Å². The average Bonchev–Trinajstić information content (AvgIpc) is 3.10. The van der Waals surface area contributed by atoms with Crippen LogP contribution in [-0.4, -0.2) is 65.6 Å². The number of nitrogens with one attached hydrogen (secondary N) is 1. The Bertz CT molecular complexity index is 1060. The van der Waals surface area contributed by atoms with Crippen molar-refractivity contribution in [1.82, 2.24) is 9.62 Å². The smallest absolute Gasteiger partial charge is 0.243 e. The number of fused-ring (bicyclic) bond motifs is 1. The summed E-state index contributed by atoms with van der Waals surface area (Å²) in [6, 6.07) is 13.2. The molecule has 1 atom stereocenters. The van der Waals surface area contributed by atoms with Gasteiger partial charge < -0.3 is 19.7 Å². The standard InChI is InChI=1S/C23H31N3O5S/c1-17-14-18-8-5-6-9-20(18)26(17)13-7-12-24-23(27)16-25(2)32(28,29)19-10-11-21(30-3)22(15-19)31-4/h5-6,8-11,15,17H,7,12-14,16H2,1-4H3,(H,24,27)/t17-/m0/s1. The minimum atomic E-state index is -3.85. The van der Waals surface area contributed by atoms with Gasteiger partial charge in [-0.15, -0.1) is 0 Å². The molecule has 0 aliphatic carbocycles. The number of carbonyl (C=O) groups excluding carboxylic acids is 1. The van der Waals surface area contributed by atoms with Crippen molar-refractivity contribution < 1.29 is 22.7 Å². The van der Waals surface area contributed by atoms with Gasteiger partial charge in [0.15, 0.2) is 11.5 Å². The molecule has 32 heavy (non-hydrogen) atoms. The summed E-state index contributed by atoms with van der Waals surface area (Å²) in [6.07, 6.45) is 1.80. The maximum absolute atomic E-state index is 12.8. The Balaban J connectivity index is 1.50. The molecule has 1 aliphatic rings. The molecule has 2 aromatic rings. The maximum atomic E-state index is 12.8. The second kappa shape index (κ2) is 10.2. The van der Waals surface area contributed by atoms with E-state index in [0.29, 0.717) is 24.1 Å². The van der Waals surface area contributed by atoms with Gasteiger partial charge in [-0.25, -0.2) is 8.42 Å². The van der Waals surface area contributed by atoms with Crippen LogP contribution in [0.4, 0.5) is 5.69 Å². The van der Waals surface area contributed by atoms with Gasteiger partial charge in [0.1, 0.15) is 0 Å². The van der Waals surface area contributed by atoms with Gasteiger partial charge in [0.05, 0.1) is 25.7 Å². The van der Waals surface area contributed by atoms with Crippen LogP contribution in [0.3, 0.4) is 0 Å². The fourth-order valence-corrected chi connectivity index (χ4v) is 5.09. The Hall–Kier alpha value is -2.78. The summed E-state index contributed by atoms with van der Waals surface area (Å²) in [5.41, 5.74) is 2.61. The van der Waals surface area contributed by atoms with E-state index in [2.05, 4.69) is 35.3 Å². The normalized spacial score (nSPS) is 15.5. The lowest BCUT2D eigenvalue weighted by Gasteiger charge is -2.25. The van der Waals surface area contributed by atoms with Gasteiger partial charge in [-0.3, -0.25) is 4.79 Å². The topological polar surface area (TPSA) is 88.2 Å². The number of amides is 1. The molecule has 9 heteroatoms. The quantitative estimate of drug-likeness (QED) is 0.546. The molecule has 2 aromatic carbocycles. The van der Waals surface area contributed by atoms with Gasteiger partial charge in [0, 0.05) is 37.9 Å². The van der Waals surface area contributed by atoms with E-state index >= 15 is 0 Å². The summed E-state index contributed by atoms with van der Waals surface area (Å²) in [6.45, 7) is 3.25. The molecule has 0 saturated carbocycles. The molecule has 0 bridgehead atoms. The van der Waals surface area contributed by atoms with E-state index in [9.17, 15) is 13.2 Å². The summed E-state index contributed by atoms with van der Waals surface area (Å²) in [4.78, 5) is 14.7. The molecule has 8 nitrogen and oxygen atoms in total. The van der Waals surface area contributed by atoms with Crippen molar-refractivity contribution in [2.45, 2.75) is 30.7 Å². The van der Waals surface area contributed by atoms with Gasteiger partial charge in [-0.1, -0.05) is 18.2 Å². The van der Waals surface area contributed by atoms with Crippen LogP contribution in [0.25, 0.3) is 0 Å². The van der Waals surface area contributed by atoms with E-state index < -0.39 is 10.0 Å². The monoisotopic (exact) mass is 461 g/mol. The van der Waals surface area contributed by atoms with Gasteiger partial charge in [-0.2, -0.15) is 4.31 Å². The molecule has 1 N–H and O–H groups in total. The predicted octanol–water partition coefficient (Wildman–Crippen LogP) is 2.28. The lowest BCUT2D eigenvalue weighted by molar-refractivity contribution is -0.121. The molecule has 1 aliphatic heterocycles. The number of hydrogen-bond acceptors (Lipinski definition) is 6. The first-order valence-electron chi connectivity index (χ1n) is 10.6. The fraction of sp³-hybridized carbons (Fsp3) is 0.435. The maximum Gasteiger partial charge on any atom is 0.243 e. The number of para-hydroxylation sites is 1. The van der Waals surface area contributed by atoms with Crippen molar-refractivity contribution in [1.29, 1.82) is 0 Å². The zero-order chi connectivity index (χ0) is 23.3. The number of anilines is 1. The minimum Gasteiger partial charge on any atom is -0.493 e. The third-order valence-electron chi connectivity index (χ3n) is 5.68. The Morgan fingerprint density at radius 1 is 1.16 bits per heavy atom. The molecular formula is C23H31N3O5S. The number of benzene rings is 2. The summed E-state index contributed by atoms with van der Waals surface area (Å²) in [7, 11) is 0.451. The molecule has 0 unspecified atom stereocenters. The fourth-order valence-electron chi connectivity index (χ4n) is 3.95. The van der Waals surface area contributed by atoms with Gasteiger partial charge in [0.25, 0.3) is 0 Å². The van der Waals surface area contributed by atoms with Crippen molar-refractivity contribution in [2.75, 3.05) is 45.8 Å². The van der Waals surface area contributed by atoms with E-state index in [1.807, 2.05) is 6.07 Å².